The molecule has 0 aliphatic carbocycles. The minimum Gasteiger partial charge on any atom is -0.361 e. The quantitative estimate of drug-likeness (QED) is 0.924. The summed E-state index contributed by atoms with van der Waals surface area (Å²) >= 11 is 0. The molecule has 0 unspecified atom stereocenters. The zero-order valence-corrected chi connectivity index (χ0v) is 11.7. The van der Waals surface area contributed by atoms with Crippen LogP contribution in [0.15, 0.2) is 35.0 Å². The third-order valence-electron chi connectivity index (χ3n) is 3.72. The van der Waals surface area contributed by atoms with Gasteiger partial charge in [-0.25, -0.2) is 4.98 Å². The molecule has 1 N–H and O–H groups in total. The number of piperidine rings is 1. The standard InChI is InChI=1S/C15H20N4O/c1-12-10-14(18-20-12)11-17-13-5-8-19(9-6-13)15-4-2-3-7-16-15/h2-4,7,10,13,17H,5-6,8-9,11H2,1H3. The number of rotatable bonds is 4. The van der Waals surface area contributed by atoms with Gasteiger partial charge in [0, 0.05) is 37.9 Å². The molecule has 5 heteroatoms. The zero-order valence-electron chi connectivity index (χ0n) is 11.7. The first-order chi connectivity index (χ1) is 9.81. The van der Waals surface area contributed by atoms with E-state index in [0.717, 1.165) is 49.7 Å². The molecular formula is C15H20N4O. The van der Waals surface area contributed by atoms with E-state index in [9.17, 15) is 0 Å². The van der Waals surface area contributed by atoms with Crippen molar-refractivity contribution in [2.75, 3.05) is 18.0 Å². The number of hydrogen-bond donors (Lipinski definition) is 1. The van der Waals surface area contributed by atoms with Gasteiger partial charge in [-0.15, -0.1) is 0 Å². The average Bonchev–Trinajstić information content (AvgIpc) is 2.92. The van der Waals surface area contributed by atoms with E-state index < -0.39 is 0 Å². The Labute approximate surface area is 119 Å². The first kappa shape index (κ1) is 13.1. The molecule has 0 amide bonds. The van der Waals surface area contributed by atoms with Crippen molar-refractivity contribution in [2.24, 2.45) is 0 Å². The summed E-state index contributed by atoms with van der Waals surface area (Å²) < 4.78 is 5.07. The van der Waals surface area contributed by atoms with Crippen molar-refractivity contribution < 1.29 is 4.52 Å². The molecule has 0 radical (unpaired) electrons. The number of pyridine rings is 1. The summed E-state index contributed by atoms with van der Waals surface area (Å²) in [6, 6.07) is 8.60. The molecule has 2 aromatic heterocycles. The molecule has 106 valence electrons. The van der Waals surface area contributed by atoms with Gasteiger partial charge in [-0.2, -0.15) is 0 Å². The van der Waals surface area contributed by atoms with Crippen LogP contribution in [0.2, 0.25) is 0 Å². The lowest BCUT2D eigenvalue weighted by atomic mass is 10.0. The molecule has 0 saturated carbocycles. The minimum atomic E-state index is 0.548. The van der Waals surface area contributed by atoms with Crippen LogP contribution in [0, 0.1) is 6.92 Å². The third-order valence-corrected chi connectivity index (χ3v) is 3.72. The first-order valence-electron chi connectivity index (χ1n) is 7.13. The second-order valence-electron chi connectivity index (χ2n) is 5.26. The normalized spacial score (nSPS) is 16.6. The predicted octanol–water partition coefficient (Wildman–Crippen LogP) is 2.14. The maximum Gasteiger partial charge on any atom is 0.133 e. The Morgan fingerprint density at radius 1 is 1.35 bits per heavy atom. The van der Waals surface area contributed by atoms with Crippen LogP contribution in [-0.2, 0) is 6.54 Å². The highest BCUT2D eigenvalue weighted by Gasteiger charge is 2.19. The molecule has 1 aliphatic rings. The van der Waals surface area contributed by atoms with Gasteiger partial charge in [-0.05, 0) is 31.9 Å². The number of hydrogen-bond acceptors (Lipinski definition) is 5. The lowest BCUT2D eigenvalue weighted by molar-refractivity contribution is 0.375. The Kier molecular flexibility index (Phi) is 3.97. The minimum absolute atomic E-state index is 0.548. The number of anilines is 1. The van der Waals surface area contributed by atoms with E-state index in [2.05, 4.69) is 26.4 Å². The molecule has 3 heterocycles. The molecule has 3 rings (SSSR count). The monoisotopic (exact) mass is 272 g/mol. The highest BCUT2D eigenvalue weighted by Crippen LogP contribution is 2.17. The Balaban J connectivity index is 1.47. The van der Waals surface area contributed by atoms with Crippen molar-refractivity contribution >= 4 is 5.82 Å². The van der Waals surface area contributed by atoms with Crippen LogP contribution in [0.25, 0.3) is 0 Å². The second-order valence-corrected chi connectivity index (χ2v) is 5.26. The highest BCUT2D eigenvalue weighted by atomic mass is 16.5. The van der Waals surface area contributed by atoms with Gasteiger partial charge in [0.25, 0.3) is 0 Å². The van der Waals surface area contributed by atoms with Gasteiger partial charge < -0.3 is 14.7 Å². The molecule has 1 fully saturated rings. The van der Waals surface area contributed by atoms with Crippen LogP contribution in [0.3, 0.4) is 0 Å². The van der Waals surface area contributed by atoms with Crippen LogP contribution in [0.5, 0.6) is 0 Å². The maximum atomic E-state index is 5.07. The third kappa shape index (κ3) is 3.17. The van der Waals surface area contributed by atoms with Crippen molar-refractivity contribution in [3.8, 4) is 0 Å². The van der Waals surface area contributed by atoms with Crippen LogP contribution in [0.4, 0.5) is 5.82 Å². The average molecular weight is 272 g/mol. The smallest absolute Gasteiger partial charge is 0.133 e. The van der Waals surface area contributed by atoms with Gasteiger partial charge in [-0.1, -0.05) is 11.2 Å². The Morgan fingerprint density at radius 3 is 2.85 bits per heavy atom. The van der Waals surface area contributed by atoms with Crippen LogP contribution < -0.4 is 10.2 Å². The molecule has 0 atom stereocenters. The molecule has 5 nitrogen and oxygen atoms in total. The molecule has 1 aliphatic heterocycles. The number of aromatic nitrogens is 2. The van der Waals surface area contributed by atoms with Gasteiger partial charge in [0.15, 0.2) is 0 Å². The van der Waals surface area contributed by atoms with E-state index >= 15 is 0 Å². The van der Waals surface area contributed by atoms with Gasteiger partial charge in [0.2, 0.25) is 0 Å². The fourth-order valence-corrected chi connectivity index (χ4v) is 2.60. The van der Waals surface area contributed by atoms with Gasteiger partial charge in [0.05, 0.1) is 5.69 Å². The summed E-state index contributed by atoms with van der Waals surface area (Å²) in [7, 11) is 0. The maximum absolute atomic E-state index is 5.07. The highest BCUT2D eigenvalue weighted by molar-refractivity contribution is 5.38. The fraction of sp³-hybridized carbons (Fsp3) is 0.467. The van der Waals surface area contributed by atoms with Crippen LogP contribution >= 0.6 is 0 Å². The Morgan fingerprint density at radius 2 is 2.20 bits per heavy atom. The molecule has 0 aromatic carbocycles. The number of nitrogens with one attached hydrogen (secondary N) is 1. The molecular weight excluding hydrogens is 252 g/mol. The van der Waals surface area contributed by atoms with Gasteiger partial charge in [-0.3, -0.25) is 0 Å². The molecule has 0 spiro atoms. The molecule has 20 heavy (non-hydrogen) atoms. The SMILES string of the molecule is Cc1cc(CNC2CCN(c3ccccn3)CC2)no1. The summed E-state index contributed by atoms with van der Waals surface area (Å²) in [6.45, 7) is 4.80. The predicted molar refractivity (Wildman–Crippen MR) is 77.6 cm³/mol. The Bertz CT molecular complexity index is 532. The van der Waals surface area contributed by atoms with E-state index in [1.807, 2.05) is 31.3 Å². The van der Waals surface area contributed by atoms with E-state index in [1.165, 1.54) is 0 Å². The number of aryl methyl sites for hydroxylation is 1. The van der Waals surface area contributed by atoms with Gasteiger partial charge in [0.1, 0.15) is 11.6 Å². The second kappa shape index (κ2) is 6.05. The van der Waals surface area contributed by atoms with Crippen molar-refractivity contribution in [3.05, 3.63) is 41.9 Å². The van der Waals surface area contributed by atoms with Crippen LogP contribution in [0.1, 0.15) is 24.3 Å². The van der Waals surface area contributed by atoms with Gasteiger partial charge >= 0.3 is 0 Å². The largest absolute Gasteiger partial charge is 0.361 e. The molecule has 1 saturated heterocycles. The van der Waals surface area contributed by atoms with E-state index in [4.69, 9.17) is 4.52 Å². The molecule has 0 bridgehead atoms. The summed E-state index contributed by atoms with van der Waals surface area (Å²) in [6.07, 6.45) is 4.12. The fourth-order valence-electron chi connectivity index (χ4n) is 2.60. The number of nitrogens with zero attached hydrogens (tertiary/aromatic N) is 3. The lowest BCUT2D eigenvalue weighted by Crippen LogP contribution is -2.42. The topological polar surface area (TPSA) is 54.2 Å². The van der Waals surface area contributed by atoms with E-state index in [-0.39, 0.29) is 0 Å². The Hall–Kier alpha value is -1.88. The summed E-state index contributed by atoms with van der Waals surface area (Å²) in [5.74, 6) is 1.95. The van der Waals surface area contributed by atoms with Crippen molar-refractivity contribution in [1.29, 1.82) is 0 Å². The zero-order chi connectivity index (χ0) is 13.8. The van der Waals surface area contributed by atoms with E-state index in [1.54, 1.807) is 0 Å². The lowest BCUT2D eigenvalue weighted by Gasteiger charge is -2.33. The van der Waals surface area contributed by atoms with Crippen LogP contribution in [-0.4, -0.2) is 29.3 Å². The summed E-state index contributed by atoms with van der Waals surface area (Å²) in [4.78, 5) is 6.75. The first-order valence-corrected chi connectivity index (χ1v) is 7.13. The van der Waals surface area contributed by atoms with Crippen molar-refractivity contribution in [2.45, 2.75) is 32.4 Å². The molecule has 2 aromatic rings. The van der Waals surface area contributed by atoms with Crippen molar-refractivity contribution in [1.82, 2.24) is 15.5 Å². The van der Waals surface area contributed by atoms with E-state index in [0.29, 0.717) is 6.04 Å². The summed E-state index contributed by atoms with van der Waals surface area (Å²) in [5.41, 5.74) is 0.981. The summed E-state index contributed by atoms with van der Waals surface area (Å²) in [5, 5.41) is 7.56. The van der Waals surface area contributed by atoms with Crippen molar-refractivity contribution in [3.63, 3.8) is 0 Å².